The molecule has 0 aromatic carbocycles. The van der Waals surface area contributed by atoms with Gasteiger partial charge in [-0.25, -0.2) is 0 Å². The van der Waals surface area contributed by atoms with Crippen LogP contribution in [0, 0.1) is 0 Å². The van der Waals surface area contributed by atoms with Gasteiger partial charge >= 0.3 is 0 Å². The van der Waals surface area contributed by atoms with Gasteiger partial charge in [0.25, 0.3) is 0 Å². The number of hydrogen-bond acceptors (Lipinski definition) is 4. The highest BCUT2D eigenvalue weighted by atomic mass is 32.2. The van der Waals surface area contributed by atoms with Crippen molar-refractivity contribution < 1.29 is 4.79 Å². The number of amides is 1. The first-order chi connectivity index (χ1) is 9.33. The molecule has 3 aliphatic heterocycles. The lowest BCUT2D eigenvalue weighted by atomic mass is 10.1. The lowest BCUT2D eigenvalue weighted by molar-refractivity contribution is -0.119. The summed E-state index contributed by atoms with van der Waals surface area (Å²) in [6.07, 6.45) is 6.14. The minimum absolute atomic E-state index is 0.252. The molecule has 2 atom stereocenters. The number of rotatable bonds is 4. The normalized spacial score (nSPS) is 32.4. The molecule has 1 amide bonds. The van der Waals surface area contributed by atoms with Gasteiger partial charge < -0.3 is 10.6 Å². The monoisotopic (exact) mass is 283 g/mol. The predicted molar refractivity (Wildman–Crippen MR) is 79.5 cm³/mol. The quantitative estimate of drug-likeness (QED) is 0.802. The highest BCUT2D eigenvalue weighted by Crippen LogP contribution is 2.28. The van der Waals surface area contributed by atoms with Gasteiger partial charge in [0, 0.05) is 23.9 Å². The van der Waals surface area contributed by atoms with E-state index >= 15 is 0 Å². The van der Waals surface area contributed by atoms with Gasteiger partial charge in [0.15, 0.2) is 0 Å². The van der Waals surface area contributed by atoms with Crippen LogP contribution >= 0.6 is 11.8 Å². The Kier molecular flexibility index (Phi) is 4.66. The molecule has 0 spiro atoms. The molecule has 0 bridgehead atoms. The molecule has 3 heterocycles. The smallest absolute Gasteiger partial charge is 0.230 e. The summed E-state index contributed by atoms with van der Waals surface area (Å²) in [5.41, 5.74) is 0. The number of carbonyl (C=O) groups excluding carboxylic acids is 1. The van der Waals surface area contributed by atoms with Gasteiger partial charge in [-0.1, -0.05) is 0 Å². The Morgan fingerprint density at radius 2 is 2.05 bits per heavy atom. The van der Waals surface area contributed by atoms with Crippen molar-refractivity contribution in [1.82, 2.24) is 15.5 Å². The van der Waals surface area contributed by atoms with Crippen LogP contribution < -0.4 is 10.6 Å². The molecule has 3 aliphatic rings. The maximum absolute atomic E-state index is 12.1. The summed E-state index contributed by atoms with van der Waals surface area (Å²) < 4.78 is 0. The van der Waals surface area contributed by atoms with E-state index in [2.05, 4.69) is 15.5 Å². The summed E-state index contributed by atoms with van der Waals surface area (Å²) in [5.74, 6) is 0.899. The largest absolute Gasteiger partial charge is 0.351 e. The SMILES string of the molecule is O=C(CSC1CCNCC1)NC1CCN2CCCC12. The van der Waals surface area contributed by atoms with E-state index in [4.69, 9.17) is 0 Å². The summed E-state index contributed by atoms with van der Waals surface area (Å²) in [5, 5.41) is 7.32. The second-order valence-electron chi connectivity index (χ2n) is 5.97. The summed E-state index contributed by atoms with van der Waals surface area (Å²) in [7, 11) is 0. The van der Waals surface area contributed by atoms with Gasteiger partial charge in [0.05, 0.1) is 5.75 Å². The maximum atomic E-state index is 12.1. The molecule has 19 heavy (non-hydrogen) atoms. The van der Waals surface area contributed by atoms with Crippen LogP contribution in [0.15, 0.2) is 0 Å². The van der Waals surface area contributed by atoms with Crippen LogP contribution in [0.3, 0.4) is 0 Å². The molecule has 3 rings (SSSR count). The minimum Gasteiger partial charge on any atom is -0.351 e. The zero-order valence-electron chi connectivity index (χ0n) is 11.6. The lowest BCUT2D eigenvalue weighted by Gasteiger charge is -2.23. The number of thioether (sulfide) groups is 1. The van der Waals surface area contributed by atoms with Crippen molar-refractivity contribution >= 4 is 17.7 Å². The van der Waals surface area contributed by atoms with Crippen LogP contribution in [0.25, 0.3) is 0 Å². The fraction of sp³-hybridized carbons (Fsp3) is 0.929. The second-order valence-corrected chi connectivity index (χ2v) is 7.26. The zero-order valence-corrected chi connectivity index (χ0v) is 12.4. The summed E-state index contributed by atoms with van der Waals surface area (Å²) in [6.45, 7) is 4.63. The number of nitrogens with zero attached hydrogens (tertiary/aromatic N) is 1. The van der Waals surface area contributed by atoms with Crippen LogP contribution in [0.2, 0.25) is 0 Å². The zero-order chi connectivity index (χ0) is 13.1. The maximum Gasteiger partial charge on any atom is 0.230 e. The average molecular weight is 283 g/mol. The molecular formula is C14H25N3OS. The molecule has 2 unspecified atom stereocenters. The van der Waals surface area contributed by atoms with Crippen LogP contribution in [0.4, 0.5) is 0 Å². The summed E-state index contributed by atoms with van der Waals surface area (Å²) >= 11 is 1.85. The van der Waals surface area contributed by atoms with E-state index in [0.717, 1.165) is 19.5 Å². The molecule has 0 radical (unpaired) electrons. The van der Waals surface area contributed by atoms with Gasteiger partial charge in [-0.2, -0.15) is 0 Å². The molecule has 108 valence electrons. The molecule has 5 heteroatoms. The highest BCUT2D eigenvalue weighted by Gasteiger charge is 2.37. The third-order valence-corrected chi connectivity index (χ3v) is 6.06. The Morgan fingerprint density at radius 3 is 2.89 bits per heavy atom. The van der Waals surface area contributed by atoms with E-state index in [-0.39, 0.29) is 5.91 Å². The van der Waals surface area contributed by atoms with Gasteiger partial charge in [-0.15, -0.1) is 11.8 Å². The number of fused-ring (bicyclic) bond motifs is 1. The van der Waals surface area contributed by atoms with Crippen molar-refractivity contribution in [2.24, 2.45) is 0 Å². The third kappa shape index (κ3) is 3.44. The first kappa shape index (κ1) is 13.7. The Balaban J connectivity index is 1.39. The van der Waals surface area contributed by atoms with Crippen LogP contribution in [-0.2, 0) is 4.79 Å². The Bertz CT molecular complexity index is 320. The first-order valence-electron chi connectivity index (χ1n) is 7.68. The standard InChI is InChI=1S/C14H25N3OS/c18-14(10-19-11-3-6-15-7-4-11)16-12-5-9-17-8-1-2-13(12)17/h11-13,15H,1-10H2,(H,16,18). The van der Waals surface area contributed by atoms with E-state index in [9.17, 15) is 4.79 Å². The Labute approximate surface area is 120 Å². The van der Waals surface area contributed by atoms with Crippen molar-refractivity contribution in [2.75, 3.05) is 31.9 Å². The molecule has 4 nitrogen and oxygen atoms in total. The lowest BCUT2D eigenvalue weighted by Crippen LogP contribution is -2.43. The molecule has 0 aliphatic carbocycles. The number of nitrogens with one attached hydrogen (secondary N) is 2. The predicted octanol–water partition coefficient (Wildman–Crippen LogP) is 0.825. The fourth-order valence-electron chi connectivity index (χ4n) is 3.65. The van der Waals surface area contributed by atoms with Gasteiger partial charge in [0.1, 0.15) is 0 Å². The van der Waals surface area contributed by atoms with Crippen molar-refractivity contribution in [1.29, 1.82) is 0 Å². The summed E-state index contributed by atoms with van der Waals surface area (Å²) in [4.78, 5) is 14.6. The number of carbonyl (C=O) groups is 1. The third-order valence-electron chi connectivity index (χ3n) is 4.69. The Morgan fingerprint density at radius 1 is 1.21 bits per heavy atom. The Hall–Kier alpha value is -0.260. The summed E-state index contributed by atoms with van der Waals surface area (Å²) in [6, 6.07) is 1.05. The second kappa shape index (κ2) is 6.46. The van der Waals surface area contributed by atoms with Gasteiger partial charge in [0.2, 0.25) is 5.91 Å². The minimum atomic E-state index is 0.252. The molecule has 0 aromatic rings. The van der Waals surface area contributed by atoms with E-state index in [0.29, 0.717) is 23.1 Å². The van der Waals surface area contributed by atoms with E-state index in [1.54, 1.807) is 0 Å². The van der Waals surface area contributed by atoms with Crippen LogP contribution in [0.1, 0.15) is 32.1 Å². The molecule has 3 saturated heterocycles. The average Bonchev–Trinajstić information content (AvgIpc) is 3.03. The topological polar surface area (TPSA) is 44.4 Å². The number of hydrogen-bond donors (Lipinski definition) is 2. The van der Waals surface area contributed by atoms with E-state index in [1.165, 1.54) is 38.8 Å². The number of piperidine rings is 1. The van der Waals surface area contributed by atoms with Crippen molar-refractivity contribution in [3.05, 3.63) is 0 Å². The molecular weight excluding hydrogens is 258 g/mol. The van der Waals surface area contributed by atoms with Gasteiger partial charge in [-0.05, 0) is 51.7 Å². The van der Waals surface area contributed by atoms with E-state index < -0.39 is 0 Å². The van der Waals surface area contributed by atoms with E-state index in [1.807, 2.05) is 11.8 Å². The van der Waals surface area contributed by atoms with Crippen molar-refractivity contribution in [3.63, 3.8) is 0 Å². The molecule has 0 aromatic heterocycles. The fourth-order valence-corrected chi connectivity index (χ4v) is 4.69. The first-order valence-corrected chi connectivity index (χ1v) is 8.73. The highest BCUT2D eigenvalue weighted by molar-refractivity contribution is 8.00. The van der Waals surface area contributed by atoms with Crippen molar-refractivity contribution in [3.8, 4) is 0 Å². The van der Waals surface area contributed by atoms with Gasteiger partial charge in [-0.3, -0.25) is 9.69 Å². The molecule has 2 N–H and O–H groups in total. The molecule has 0 saturated carbocycles. The van der Waals surface area contributed by atoms with Crippen molar-refractivity contribution in [2.45, 2.75) is 49.4 Å². The van der Waals surface area contributed by atoms with Crippen LogP contribution in [0.5, 0.6) is 0 Å². The van der Waals surface area contributed by atoms with Crippen LogP contribution in [-0.4, -0.2) is 60.1 Å². The molecule has 3 fully saturated rings.